The molecule has 0 bridgehead atoms. The molecule has 17 nitrogen and oxygen atoms in total. The number of aliphatic hydroxyl groups excluding tert-OH is 1. The van der Waals surface area contributed by atoms with Crippen molar-refractivity contribution in [3.63, 3.8) is 0 Å². The molecule has 2 rings (SSSR count). The SMILES string of the molecule is C[C@H](OP(=O)(O)OP(=O)(O)OP(=O)(O)O)[C@H]1O[C@@H](n2ccc(N)nc2=O)[C@@](O)(CF)C1O. The lowest BCUT2D eigenvalue weighted by Gasteiger charge is -2.29. The van der Waals surface area contributed by atoms with Gasteiger partial charge in [0.15, 0.2) is 11.8 Å². The molecule has 0 saturated carbocycles. The Morgan fingerprint density at radius 2 is 1.88 bits per heavy atom. The van der Waals surface area contributed by atoms with Crippen molar-refractivity contribution in [2.45, 2.75) is 37.1 Å². The highest BCUT2D eigenvalue weighted by molar-refractivity contribution is 7.66. The van der Waals surface area contributed by atoms with E-state index in [1.807, 2.05) is 0 Å². The van der Waals surface area contributed by atoms with Crippen LogP contribution in [0.5, 0.6) is 0 Å². The molecule has 3 unspecified atom stereocenters. The summed E-state index contributed by atoms with van der Waals surface area (Å²) in [5.74, 6) is -0.217. The third kappa shape index (κ3) is 6.27. The second kappa shape index (κ2) is 9.27. The predicted molar refractivity (Wildman–Crippen MR) is 98.2 cm³/mol. The highest BCUT2D eigenvalue weighted by Crippen LogP contribution is 2.66. The standard InChI is InChI=1S/C11H19FN3O14P3/c1-5(27-31(22,23)29-32(24,25)28-30(19,20)21)7-8(16)11(18,4-12)9(26-7)15-3-2-6(13)14-10(15)17/h2-3,5,7-9,16,18H,4H2,1H3,(H,22,23)(H,24,25)(H2,13,14,17)(H2,19,20,21)/t5-,7+,8?,9+,11+/m0/s1. The minimum Gasteiger partial charge on any atom is -0.387 e. The molecule has 7 atom stereocenters. The smallest absolute Gasteiger partial charge is 0.387 e. The zero-order valence-electron chi connectivity index (χ0n) is 15.8. The Kier molecular flexibility index (Phi) is 7.87. The van der Waals surface area contributed by atoms with Gasteiger partial charge >= 0.3 is 29.2 Å². The van der Waals surface area contributed by atoms with Gasteiger partial charge in [0.05, 0.1) is 6.10 Å². The Morgan fingerprint density at radius 1 is 1.28 bits per heavy atom. The third-order valence-electron chi connectivity index (χ3n) is 4.03. The normalized spacial score (nSPS) is 31.1. The average molecular weight is 529 g/mol. The maximum absolute atomic E-state index is 13.7. The summed E-state index contributed by atoms with van der Waals surface area (Å²) >= 11 is 0. The van der Waals surface area contributed by atoms with Gasteiger partial charge in [-0.3, -0.25) is 9.09 Å². The highest BCUT2D eigenvalue weighted by atomic mass is 31.3. The van der Waals surface area contributed by atoms with Gasteiger partial charge in [-0.25, -0.2) is 22.9 Å². The molecule has 2 heterocycles. The van der Waals surface area contributed by atoms with Crippen LogP contribution < -0.4 is 11.4 Å². The number of hydrogen-bond donors (Lipinski definition) is 7. The summed E-state index contributed by atoms with van der Waals surface area (Å²) in [6.07, 6.45) is -6.78. The fourth-order valence-corrected chi connectivity index (χ4v) is 5.96. The molecule has 32 heavy (non-hydrogen) atoms. The summed E-state index contributed by atoms with van der Waals surface area (Å²) in [7, 11) is -17.1. The van der Waals surface area contributed by atoms with E-state index in [2.05, 4.69) is 18.1 Å². The number of anilines is 1. The number of hydrogen-bond acceptors (Lipinski definition) is 12. The summed E-state index contributed by atoms with van der Waals surface area (Å²) in [5, 5.41) is 20.9. The van der Waals surface area contributed by atoms with Crippen molar-refractivity contribution in [3.05, 3.63) is 22.7 Å². The van der Waals surface area contributed by atoms with E-state index in [-0.39, 0.29) is 5.82 Å². The second-order valence-electron chi connectivity index (χ2n) is 6.47. The minimum absolute atomic E-state index is 0.217. The maximum Gasteiger partial charge on any atom is 0.490 e. The molecule has 1 saturated heterocycles. The molecule has 0 radical (unpaired) electrons. The monoisotopic (exact) mass is 529 g/mol. The van der Waals surface area contributed by atoms with Gasteiger partial charge in [-0.15, -0.1) is 0 Å². The Hall–Kier alpha value is -1.10. The molecule has 21 heteroatoms. The van der Waals surface area contributed by atoms with E-state index in [1.54, 1.807) is 0 Å². The first-order valence-electron chi connectivity index (χ1n) is 8.19. The van der Waals surface area contributed by atoms with Crippen LogP contribution in [0, 0.1) is 0 Å². The molecule has 8 N–H and O–H groups in total. The molecule has 0 amide bonds. The van der Waals surface area contributed by atoms with Crippen molar-refractivity contribution >= 4 is 29.3 Å². The molecule has 1 aromatic rings. The van der Waals surface area contributed by atoms with E-state index >= 15 is 0 Å². The van der Waals surface area contributed by atoms with Gasteiger partial charge < -0.3 is 40.3 Å². The third-order valence-corrected chi connectivity index (χ3v) is 7.96. The van der Waals surface area contributed by atoms with Crippen molar-refractivity contribution in [1.29, 1.82) is 0 Å². The first kappa shape index (κ1) is 27.1. The topological polar surface area (TPSA) is 270 Å². The number of nitrogen functional groups attached to an aromatic ring is 1. The molecule has 0 spiro atoms. The van der Waals surface area contributed by atoms with E-state index < -0.39 is 66.0 Å². The van der Waals surface area contributed by atoms with Gasteiger partial charge in [0.25, 0.3) is 0 Å². The average Bonchev–Trinajstić information content (AvgIpc) is 2.84. The Bertz CT molecular complexity index is 1050. The van der Waals surface area contributed by atoms with Gasteiger partial charge in [-0.2, -0.15) is 13.6 Å². The van der Waals surface area contributed by atoms with Crippen molar-refractivity contribution < 1.29 is 65.8 Å². The van der Waals surface area contributed by atoms with E-state index in [9.17, 15) is 38.0 Å². The summed E-state index contributed by atoms with van der Waals surface area (Å²) in [6.45, 7) is -0.745. The molecule has 184 valence electrons. The molecule has 1 aliphatic heterocycles. The molecule has 1 aliphatic rings. The van der Waals surface area contributed by atoms with Gasteiger partial charge in [-0.05, 0) is 13.0 Å². The number of aromatic nitrogens is 2. The van der Waals surface area contributed by atoms with E-state index in [0.29, 0.717) is 4.57 Å². The van der Waals surface area contributed by atoms with Crippen LogP contribution in [-0.4, -0.2) is 69.9 Å². The van der Waals surface area contributed by atoms with Crippen LogP contribution in [0.1, 0.15) is 13.2 Å². The van der Waals surface area contributed by atoms with Crippen LogP contribution in [0.3, 0.4) is 0 Å². The first-order chi connectivity index (χ1) is 14.4. The van der Waals surface area contributed by atoms with E-state index in [0.717, 1.165) is 19.2 Å². The van der Waals surface area contributed by atoms with Crippen molar-refractivity contribution in [3.8, 4) is 0 Å². The lowest BCUT2D eigenvalue weighted by Crippen LogP contribution is -2.51. The minimum atomic E-state index is -5.82. The Balaban J connectivity index is 2.25. The number of nitrogens with zero attached hydrogens (tertiary/aromatic N) is 2. The number of halogens is 1. The lowest BCUT2D eigenvalue weighted by atomic mass is 9.93. The van der Waals surface area contributed by atoms with E-state index in [1.165, 1.54) is 0 Å². The maximum atomic E-state index is 13.7. The van der Waals surface area contributed by atoms with Crippen LogP contribution >= 0.6 is 23.5 Å². The Labute approximate surface area is 177 Å². The summed E-state index contributed by atoms with van der Waals surface area (Å²) < 4.78 is 65.1. The quantitative estimate of drug-likeness (QED) is 0.180. The van der Waals surface area contributed by atoms with Crippen LogP contribution in [0.4, 0.5) is 10.2 Å². The number of phosphoric ester groups is 1. The zero-order valence-corrected chi connectivity index (χ0v) is 18.5. The predicted octanol–water partition coefficient (Wildman–Crippen LogP) is -1.48. The van der Waals surface area contributed by atoms with Crippen LogP contribution in [0.2, 0.25) is 0 Å². The van der Waals surface area contributed by atoms with Crippen molar-refractivity contribution in [2.75, 3.05) is 12.4 Å². The van der Waals surface area contributed by atoms with E-state index in [4.69, 9.17) is 25.2 Å². The van der Waals surface area contributed by atoms with Crippen LogP contribution in [0.25, 0.3) is 0 Å². The molecule has 1 fully saturated rings. The fraction of sp³-hybridized carbons (Fsp3) is 0.636. The number of ether oxygens (including phenoxy) is 1. The number of rotatable bonds is 9. The van der Waals surface area contributed by atoms with Gasteiger partial charge in [0, 0.05) is 6.20 Å². The fourth-order valence-electron chi connectivity index (χ4n) is 2.76. The van der Waals surface area contributed by atoms with Crippen LogP contribution in [-0.2, 0) is 31.6 Å². The zero-order chi connectivity index (χ0) is 24.7. The number of aliphatic hydroxyl groups is 2. The van der Waals surface area contributed by atoms with Gasteiger partial charge in [-0.1, -0.05) is 0 Å². The van der Waals surface area contributed by atoms with Crippen LogP contribution in [0.15, 0.2) is 17.1 Å². The molecule has 1 aromatic heterocycles. The summed E-state index contributed by atoms with van der Waals surface area (Å²) in [5.41, 5.74) is 1.46. The number of alkyl halides is 1. The summed E-state index contributed by atoms with van der Waals surface area (Å²) in [4.78, 5) is 51.2. The number of nitrogens with two attached hydrogens (primary N) is 1. The van der Waals surface area contributed by atoms with Crippen molar-refractivity contribution in [1.82, 2.24) is 9.55 Å². The second-order valence-corrected chi connectivity index (χ2v) is 10.8. The number of phosphoric acid groups is 3. The largest absolute Gasteiger partial charge is 0.490 e. The Morgan fingerprint density at radius 3 is 2.38 bits per heavy atom. The summed E-state index contributed by atoms with van der Waals surface area (Å²) in [6, 6.07) is 1.10. The van der Waals surface area contributed by atoms with Gasteiger partial charge in [0.1, 0.15) is 24.7 Å². The molecule has 0 aliphatic carbocycles. The van der Waals surface area contributed by atoms with Gasteiger partial charge in [0.2, 0.25) is 0 Å². The highest BCUT2D eigenvalue weighted by Gasteiger charge is 2.59. The molecular weight excluding hydrogens is 510 g/mol. The first-order valence-corrected chi connectivity index (χ1v) is 12.7. The molecule has 0 aromatic carbocycles. The van der Waals surface area contributed by atoms with Crippen molar-refractivity contribution in [2.24, 2.45) is 0 Å². The lowest BCUT2D eigenvalue weighted by molar-refractivity contribution is -0.122. The molecular formula is C11H19FN3O14P3.